The third kappa shape index (κ3) is 7.31. The topological polar surface area (TPSA) is 152 Å². The van der Waals surface area contributed by atoms with Gasteiger partial charge in [0.15, 0.2) is 12.4 Å². The number of aryl methyl sites for hydroxylation is 1. The van der Waals surface area contributed by atoms with E-state index >= 15 is 0 Å². The van der Waals surface area contributed by atoms with Crippen molar-refractivity contribution in [1.82, 2.24) is 15.0 Å². The van der Waals surface area contributed by atoms with E-state index in [9.17, 15) is 19.2 Å². The number of ketones is 1. The van der Waals surface area contributed by atoms with Gasteiger partial charge in [-0.2, -0.15) is 0 Å². The van der Waals surface area contributed by atoms with Crippen LogP contribution in [-0.4, -0.2) is 45.1 Å². The van der Waals surface area contributed by atoms with Gasteiger partial charge in [-0.15, -0.1) is 6.42 Å². The van der Waals surface area contributed by atoms with Crippen molar-refractivity contribution in [2.75, 3.05) is 22.6 Å². The van der Waals surface area contributed by atoms with Crippen molar-refractivity contribution in [2.45, 2.75) is 26.7 Å². The number of Topliss-reactive ketones (excluding diaryl/α,β-unsaturated/α-hetero) is 1. The van der Waals surface area contributed by atoms with E-state index in [1.54, 1.807) is 55.8 Å². The van der Waals surface area contributed by atoms with E-state index in [1.165, 1.54) is 12.1 Å². The van der Waals surface area contributed by atoms with E-state index in [0.717, 1.165) is 22.5 Å². The smallest absolute Gasteiger partial charge is 0.316 e. The average molecular weight is 615 g/mol. The second kappa shape index (κ2) is 13.7. The molecule has 0 saturated heterocycles. The fourth-order valence-electron chi connectivity index (χ4n) is 4.84. The lowest BCUT2D eigenvalue weighted by Crippen LogP contribution is -2.35. The summed E-state index contributed by atoms with van der Waals surface area (Å²) in [4.78, 5) is 64.3. The largest absolute Gasteiger partial charge is 0.452 e. The number of aromatic nitrogens is 3. The fraction of sp³-hybridized carbons (Fsp3) is 0.171. The van der Waals surface area contributed by atoms with Gasteiger partial charge >= 0.3 is 5.97 Å². The zero-order chi connectivity index (χ0) is 32.7. The van der Waals surface area contributed by atoms with Gasteiger partial charge in [-0.1, -0.05) is 18.1 Å². The number of nitrogens with one attached hydrogen (secondary N) is 3. The second-order valence-corrected chi connectivity index (χ2v) is 10.8. The van der Waals surface area contributed by atoms with E-state index in [-0.39, 0.29) is 30.6 Å². The molecule has 46 heavy (non-hydrogen) atoms. The van der Waals surface area contributed by atoms with Gasteiger partial charge in [0, 0.05) is 53.2 Å². The molecule has 2 aromatic carbocycles. The van der Waals surface area contributed by atoms with Crippen molar-refractivity contribution < 1.29 is 23.9 Å². The Morgan fingerprint density at radius 1 is 1.00 bits per heavy atom. The normalized spacial score (nSPS) is 15.6. The fourth-order valence-corrected chi connectivity index (χ4v) is 4.84. The number of nitrogens with zero attached hydrogens (tertiary/aromatic N) is 3. The number of anilines is 4. The highest BCUT2D eigenvalue weighted by Crippen LogP contribution is 2.34. The minimum absolute atomic E-state index is 0.00188. The van der Waals surface area contributed by atoms with Crippen LogP contribution in [0, 0.1) is 24.7 Å². The minimum Gasteiger partial charge on any atom is -0.452 e. The molecule has 4 aromatic rings. The van der Waals surface area contributed by atoms with Crippen LogP contribution in [0.2, 0.25) is 0 Å². The first kappa shape index (κ1) is 31.3. The quantitative estimate of drug-likeness (QED) is 0.130. The third-order valence-electron chi connectivity index (χ3n) is 7.36. The van der Waals surface area contributed by atoms with Crippen LogP contribution in [0.25, 0.3) is 11.3 Å². The number of hydrogen-bond acceptors (Lipinski definition) is 9. The lowest BCUT2D eigenvalue weighted by atomic mass is 9.77. The predicted molar refractivity (Wildman–Crippen MR) is 173 cm³/mol. The molecule has 0 saturated carbocycles. The van der Waals surface area contributed by atoms with Crippen LogP contribution in [0.1, 0.15) is 35.7 Å². The number of terminal acetylenes is 1. The van der Waals surface area contributed by atoms with E-state index in [4.69, 9.17) is 11.2 Å². The Morgan fingerprint density at radius 3 is 2.57 bits per heavy atom. The highest BCUT2D eigenvalue weighted by atomic mass is 16.5. The van der Waals surface area contributed by atoms with Crippen LogP contribution in [0.3, 0.4) is 0 Å². The summed E-state index contributed by atoms with van der Waals surface area (Å²) < 4.78 is 5.05. The van der Waals surface area contributed by atoms with Gasteiger partial charge < -0.3 is 20.7 Å². The molecule has 230 valence electrons. The second-order valence-electron chi connectivity index (χ2n) is 10.8. The molecule has 0 spiro atoms. The van der Waals surface area contributed by atoms with Crippen LogP contribution in [0.5, 0.6) is 0 Å². The standard InChI is InChI=1S/C35H30N6O5/c1-4-17-46-33(45)35(3)14-12-30(42)27(20-35)32(44)39-25-9-5-7-23(19-25)31(43)38-26-10-11-28(22(2)18-26)40-34-37-16-13-29(41-34)24-8-6-15-36-21-24/h1,5-11,13,15-16,18-21H,12,14,17H2,2-3H3,(H,38,43)(H,39,44)(H,37,40,41)/t35-/m0/s1. The zero-order valence-corrected chi connectivity index (χ0v) is 25.2. The zero-order valence-electron chi connectivity index (χ0n) is 25.2. The molecule has 2 aromatic heterocycles. The molecule has 5 rings (SSSR count). The number of carbonyl (C=O) groups excluding carboxylic acids is 4. The monoisotopic (exact) mass is 614 g/mol. The highest BCUT2D eigenvalue weighted by molar-refractivity contribution is 6.24. The summed E-state index contributed by atoms with van der Waals surface area (Å²) in [5.74, 6) is 0.553. The molecule has 1 aliphatic rings. The van der Waals surface area contributed by atoms with Gasteiger partial charge in [0.05, 0.1) is 16.7 Å². The lowest BCUT2D eigenvalue weighted by Gasteiger charge is -2.28. The molecule has 11 heteroatoms. The molecule has 0 bridgehead atoms. The van der Waals surface area contributed by atoms with E-state index in [2.05, 4.69) is 36.8 Å². The summed E-state index contributed by atoms with van der Waals surface area (Å²) >= 11 is 0. The number of amides is 2. The number of benzene rings is 2. The lowest BCUT2D eigenvalue weighted by molar-refractivity contribution is -0.151. The number of ether oxygens (including phenoxy) is 1. The SMILES string of the molecule is C#CCOC(=O)[C@]1(C)C=C(C(=O)Nc2cccc(C(=O)Nc3ccc(Nc4nccc(-c5cccnc5)n4)c(C)c3)c2)C(=O)CC1. The van der Waals surface area contributed by atoms with Gasteiger partial charge in [-0.3, -0.25) is 24.2 Å². The summed E-state index contributed by atoms with van der Waals surface area (Å²) in [6.07, 6.45) is 11.8. The van der Waals surface area contributed by atoms with Crippen molar-refractivity contribution in [1.29, 1.82) is 0 Å². The number of rotatable bonds is 9. The first-order chi connectivity index (χ1) is 22.1. The van der Waals surface area contributed by atoms with Crippen molar-refractivity contribution in [2.24, 2.45) is 5.41 Å². The molecule has 2 amide bonds. The van der Waals surface area contributed by atoms with Crippen molar-refractivity contribution in [3.05, 3.63) is 102 Å². The average Bonchev–Trinajstić information content (AvgIpc) is 3.06. The van der Waals surface area contributed by atoms with Crippen LogP contribution in [0.15, 0.2) is 90.9 Å². The number of pyridine rings is 1. The maximum Gasteiger partial charge on any atom is 0.316 e. The Balaban J connectivity index is 1.24. The minimum atomic E-state index is -1.17. The predicted octanol–water partition coefficient (Wildman–Crippen LogP) is 5.25. The molecule has 0 radical (unpaired) electrons. The van der Waals surface area contributed by atoms with Crippen molar-refractivity contribution >= 4 is 46.6 Å². The van der Waals surface area contributed by atoms with Crippen LogP contribution in [-0.2, 0) is 19.1 Å². The summed E-state index contributed by atoms with van der Waals surface area (Å²) in [5, 5.41) is 8.74. The Bertz CT molecular complexity index is 1900. The van der Waals surface area contributed by atoms with Crippen LogP contribution >= 0.6 is 0 Å². The van der Waals surface area contributed by atoms with Gasteiger partial charge in [-0.05, 0) is 80.4 Å². The van der Waals surface area contributed by atoms with Crippen molar-refractivity contribution in [3.8, 4) is 23.6 Å². The van der Waals surface area contributed by atoms with Gasteiger partial charge in [0.1, 0.15) is 0 Å². The third-order valence-corrected chi connectivity index (χ3v) is 7.36. The first-order valence-electron chi connectivity index (χ1n) is 14.4. The molecular formula is C35H30N6O5. The molecular weight excluding hydrogens is 584 g/mol. The number of esters is 1. The molecule has 0 unspecified atom stereocenters. The maximum absolute atomic E-state index is 13.1. The Hall–Kier alpha value is -6.15. The Kier molecular flexibility index (Phi) is 9.28. The Morgan fingerprint density at radius 2 is 1.80 bits per heavy atom. The number of carbonyl (C=O) groups is 4. The maximum atomic E-state index is 13.1. The van der Waals surface area contributed by atoms with Gasteiger partial charge in [-0.25, -0.2) is 9.97 Å². The molecule has 1 atom stereocenters. The van der Waals surface area contributed by atoms with E-state index in [1.807, 2.05) is 31.2 Å². The van der Waals surface area contributed by atoms with Crippen LogP contribution < -0.4 is 16.0 Å². The van der Waals surface area contributed by atoms with Crippen LogP contribution in [0.4, 0.5) is 23.0 Å². The van der Waals surface area contributed by atoms with E-state index < -0.39 is 29.0 Å². The van der Waals surface area contributed by atoms with Crippen molar-refractivity contribution in [3.63, 3.8) is 0 Å². The van der Waals surface area contributed by atoms with Gasteiger partial charge in [0.25, 0.3) is 11.8 Å². The summed E-state index contributed by atoms with van der Waals surface area (Å²) in [6.45, 7) is 3.28. The Labute approximate surface area is 265 Å². The van der Waals surface area contributed by atoms with Gasteiger partial charge in [0.2, 0.25) is 5.95 Å². The molecule has 11 nitrogen and oxygen atoms in total. The summed E-state index contributed by atoms with van der Waals surface area (Å²) in [7, 11) is 0. The summed E-state index contributed by atoms with van der Waals surface area (Å²) in [5.41, 5.74) is 3.02. The molecule has 0 aliphatic heterocycles. The molecule has 2 heterocycles. The first-order valence-corrected chi connectivity index (χ1v) is 14.4. The summed E-state index contributed by atoms with van der Waals surface area (Å²) in [6, 6.07) is 17.2. The molecule has 3 N–H and O–H groups in total. The molecule has 0 fully saturated rings. The number of hydrogen-bond donors (Lipinski definition) is 3. The highest BCUT2D eigenvalue weighted by Gasteiger charge is 2.39. The molecule has 1 aliphatic carbocycles. The van der Waals surface area contributed by atoms with E-state index in [0.29, 0.717) is 17.3 Å².